The molecule has 69 heavy (non-hydrogen) atoms. The van der Waals surface area contributed by atoms with Crippen molar-refractivity contribution in [1.82, 2.24) is 30.6 Å². The number of hydrogen-bond acceptors (Lipinski definition) is 13. The van der Waals surface area contributed by atoms with Gasteiger partial charge in [0.05, 0.1) is 42.0 Å². The van der Waals surface area contributed by atoms with Gasteiger partial charge in [-0.2, -0.15) is 5.10 Å². The summed E-state index contributed by atoms with van der Waals surface area (Å²) in [6.07, 6.45) is 2.00. The van der Waals surface area contributed by atoms with Gasteiger partial charge in [-0.15, -0.1) is 0 Å². The van der Waals surface area contributed by atoms with Crippen molar-refractivity contribution in [3.8, 4) is 0 Å². The topological polar surface area (TPSA) is 219 Å². The highest BCUT2D eigenvalue weighted by atomic mass is 19.1. The van der Waals surface area contributed by atoms with Crippen molar-refractivity contribution in [2.24, 2.45) is 0 Å². The van der Waals surface area contributed by atoms with Crippen LogP contribution in [0.3, 0.4) is 0 Å². The monoisotopic (exact) mass is 946 g/mol. The number of aromatic nitrogens is 2. The Labute approximate surface area is 395 Å². The molecule has 0 spiro atoms. The van der Waals surface area contributed by atoms with Crippen LogP contribution in [0.4, 0.5) is 31.7 Å². The summed E-state index contributed by atoms with van der Waals surface area (Å²) in [7, 11) is 0. The van der Waals surface area contributed by atoms with E-state index in [1.807, 2.05) is 36.4 Å². The van der Waals surface area contributed by atoms with Gasteiger partial charge in [0.2, 0.25) is 17.7 Å². The smallest absolute Gasteiger partial charge is 0.262 e. The maximum absolute atomic E-state index is 14.0. The van der Waals surface area contributed by atoms with Crippen molar-refractivity contribution in [2.75, 3.05) is 93.1 Å². The second kappa shape index (κ2) is 20.9. The first kappa shape index (κ1) is 46.8. The lowest BCUT2D eigenvalue weighted by Crippen LogP contribution is -2.54. The largest absolute Gasteiger partial charge is 0.383 e. The Hall–Kier alpha value is -7.29. The third-order valence-electron chi connectivity index (χ3n) is 12.7. The lowest BCUT2D eigenvalue weighted by Gasteiger charge is -2.36. The average molecular weight is 947 g/mol. The maximum atomic E-state index is 14.0. The summed E-state index contributed by atoms with van der Waals surface area (Å²) >= 11 is 0. The van der Waals surface area contributed by atoms with E-state index in [1.54, 1.807) is 12.1 Å². The Bertz CT molecular complexity index is 2770. The predicted octanol–water partition coefficient (Wildman–Crippen LogP) is 4.04. The van der Waals surface area contributed by atoms with E-state index in [1.165, 1.54) is 18.2 Å². The van der Waals surface area contributed by atoms with Crippen molar-refractivity contribution in [3.05, 3.63) is 112 Å². The van der Waals surface area contributed by atoms with Gasteiger partial charge < -0.3 is 35.6 Å². The molecule has 3 fully saturated rings. The number of carbonyl (C=O) groups is 6. The Balaban J connectivity index is 0.726. The molecular formula is C49H52F2N10O8. The highest BCUT2D eigenvalue weighted by Gasteiger charge is 2.44. The SMILES string of the molecule is O=C(CN1CCN(c2ccc(C(=O)Nc3n[nH]c4ccc(Cc5cc(F)cc(F)c5)cc34)c(NC3CCOCC3)c2)CC1)NCCOCCNc1ccc2c(c1)C(=O)N(C1CCC(=O)NC1=O)C2=O. The molecule has 4 aliphatic rings. The zero-order valence-corrected chi connectivity index (χ0v) is 37.7. The zero-order chi connectivity index (χ0) is 48.0. The summed E-state index contributed by atoms with van der Waals surface area (Å²) in [6.45, 7) is 5.44. The first-order valence-electron chi connectivity index (χ1n) is 23.1. The van der Waals surface area contributed by atoms with Crippen LogP contribution >= 0.6 is 0 Å². The number of halogens is 2. The number of fused-ring (bicyclic) bond motifs is 2. The lowest BCUT2D eigenvalue weighted by atomic mass is 10.0. The van der Waals surface area contributed by atoms with Crippen LogP contribution in [0.2, 0.25) is 0 Å². The summed E-state index contributed by atoms with van der Waals surface area (Å²) in [5.41, 5.74) is 5.03. The minimum absolute atomic E-state index is 0.0475. The third kappa shape index (κ3) is 11.0. The number of H-pyrrole nitrogens is 1. The van der Waals surface area contributed by atoms with E-state index in [4.69, 9.17) is 9.47 Å². The van der Waals surface area contributed by atoms with Crippen LogP contribution < -0.4 is 31.5 Å². The average Bonchev–Trinajstić information content (AvgIpc) is 3.84. The fraction of sp³-hybridized carbons (Fsp3) is 0.367. The van der Waals surface area contributed by atoms with Crippen LogP contribution in [0.5, 0.6) is 0 Å². The molecule has 1 unspecified atom stereocenters. The molecule has 9 rings (SSSR count). The molecular weight excluding hydrogens is 895 g/mol. The number of anilines is 4. The minimum atomic E-state index is -1.03. The second-order valence-electron chi connectivity index (χ2n) is 17.5. The van der Waals surface area contributed by atoms with Crippen LogP contribution in [0.25, 0.3) is 10.9 Å². The molecule has 4 aromatic carbocycles. The fourth-order valence-electron chi connectivity index (χ4n) is 9.13. The van der Waals surface area contributed by atoms with Gasteiger partial charge in [-0.1, -0.05) is 6.07 Å². The predicted molar refractivity (Wildman–Crippen MR) is 251 cm³/mol. The minimum Gasteiger partial charge on any atom is -0.383 e. The Morgan fingerprint density at radius 1 is 0.812 bits per heavy atom. The highest BCUT2D eigenvalue weighted by Crippen LogP contribution is 2.31. The zero-order valence-electron chi connectivity index (χ0n) is 37.7. The number of carbonyl (C=O) groups excluding carboxylic acids is 6. The summed E-state index contributed by atoms with van der Waals surface area (Å²) < 4.78 is 39.1. The molecule has 0 bridgehead atoms. The molecule has 20 heteroatoms. The Kier molecular flexibility index (Phi) is 14.2. The van der Waals surface area contributed by atoms with Crippen LogP contribution in [0.15, 0.2) is 72.8 Å². The normalized spacial score (nSPS) is 17.8. The van der Waals surface area contributed by atoms with Gasteiger partial charge in [0.15, 0.2) is 5.82 Å². The number of rotatable bonds is 17. The van der Waals surface area contributed by atoms with E-state index in [9.17, 15) is 37.5 Å². The number of imide groups is 2. The van der Waals surface area contributed by atoms with E-state index in [0.29, 0.717) is 105 Å². The number of piperazine rings is 1. The molecule has 6 N–H and O–H groups in total. The third-order valence-corrected chi connectivity index (χ3v) is 12.7. The van der Waals surface area contributed by atoms with Gasteiger partial charge in [0.1, 0.15) is 17.7 Å². The van der Waals surface area contributed by atoms with Crippen LogP contribution in [-0.4, -0.2) is 140 Å². The molecule has 5 heterocycles. The van der Waals surface area contributed by atoms with E-state index in [2.05, 4.69) is 46.6 Å². The molecule has 5 aromatic rings. The fourth-order valence-corrected chi connectivity index (χ4v) is 9.13. The van der Waals surface area contributed by atoms with Gasteiger partial charge in [0.25, 0.3) is 17.7 Å². The van der Waals surface area contributed by atoms with Crippen molar-refractivity contribution in [3.63, 3.8) is 0 Å². The van der Waals surface area contributed by atoms with E-state index in [-0.39, 0.29) is 55.0 Å². The molecule has 1 atom stereocenters. The lowest BCUT2D eigenvalue weighted by molar-refractivity contribution is -0.136. The molecule has 4 aliphatic heterocycles. The Morgan fingerprint density at radius 2 is 1.58 bits per heavy atom. The first-order chi connectivity index (χ1) is 33.4. The van der Waals surface area contributed by atoms with Crippen molar-refractivity contribution in [1.29, 1.82) is 0 Å². The molecule has 6 amide bonds. The molecule has 18 nitrogen and oxygen atoms in total. The number of amides is 6. The van der Waals surface area contributed by atoms with Gasteiger partial charge in [-0.3, -0.25) is 49.0 Å². The molecule has 3 saturated heterocycles. The number of benzene rings is 4. The van der Waals surface area contributed by atoms with Crippen molar-refractivity contribution < 1.29 is 47.0 Å². The van der Waals surface area contributed by atoms with E-state index in [0.717, 1.165) is 35.1 Å². The number of aromatic amines is 1. The van der Waals surface area contributed by atoms with Crippen molar-refractivity contribution in [2.45, 2.75) is 44.2 Å². The first-order valence-corrected chi connectivity index (χ1v) is 23.1. The van der Waals surface area contributed by atoms with E-state index >= 15 is 0 Å². The van der Waals surface area contributed by atoms with Gasteiger partial charge in [-0.05, 0) is 97.5 Å². The molecule has 360 valence electrons. The number of hydrogen-bond donors (Lipinski definition) is 6. The number of ether oxygens (including phenoxy) is 2. The van der Waals surface area contributed by atoms with Crippen LogP contribution in [0.1, 0.15) is 67.9 Å². The van der Waals surface area contributed by atoms with Gasteiger partial charge in [-0.25, -0.2) is 8.78 Å². The molecule has 0 saturated carbocycles. The van der Waals surface area contributed by atoms with Gasteiger partial charge >= 0.3 is 0 Å². The van der Waals surface area contributed by atoms with Crippen LogP contribution in [-0.2, 0) is 30.3 Å². The quantitative estimate of drug-likeness (QED) is 0.0574. The molecule has 0 radical (unpaired) electrons. The summed E-state index contributed by atoms with van der Waals surface area (Å²) in [5.74, 6) is -3.66. The summed E-state index contributed by atoms with van der Waals surface area (Å²) in [6, 6.07) is 18.5. The maximum Gasteiger partial charge on any atom is 0.262 e. The van der Waals surface area contributed by atoms with Crippen LogP contribution in [0, 0.1) is 11.6 Å². The highest BCUT2D eigenvalue weighted by molar-refractivity contribution is 6.23. The molecule has 0 aliphatic carbocycles. The number of nitrogens with zero attached hydrogens (tertiary/aromatic N) is 4. The number of piperidine rings is 1. The molecule has 1 aromatic heterocycles. The standard InChI is InChI=1S/C49H52F2N10O8/c50-31-22-30(23-32(51)25-31)21-29-1-6-40-39(24-29)45(58-57-40)56-46(64)37-5-3-35(27-41(37)54-33-9-17-68-18-10-33)60-15-13-59(14-16-60)28-44(63)53-12-20-69-19-11-52-34-2-4-36-38(26-34)49(67)61(48(36)66)42-7-8-43(62)55-47(42)65/h1-6,22-27,33,42,52,54H,7-21,28H2,(H,53,63)(H,55,62,65)(H2,56,57,58,64). The van der Waals surface area contributed by atoms with E-state index < -0.39 is 41.3 Å². The second-order valence-corrected chi connectivity index (χ2v) is 17.5. The van der Waals surface area contributed by atoms with Gasteiger partial charge in [0, 0.05) is 93.5 Å². The number of nitrogens with one attached hydrogen (secondary N) is 6. The summed E-state index contributed by atoms with van der Waals surface area (Å²) in [5, 5.41) is 22.8. The summed E-state index contributed by atoms with van der Waals surface area (Å²) in [4.78, 5) is 82.1. The Morgan fingerprint density at radius 3 is 2.36 bits per heavy atom. The van der Waals surface area contributed by atoms with Crippen molar-refractivity contribution >= 4 is 69.2 Å².